The summed E-state index contributed by atoms with van der Waals surface area (Å²) in [6.07, 6.45) is 6.00. The highest BCUT2D eigenvalue weighted by atomic mass is 16.2. The van der Waals surface area contributed by atoms with Crippen LogP contribution in [0.5, 0.6) is 0 Å². The molecule has 0 aromatic rings. The zero-order chi connectivity index (χ0) is 14.7. The molecule has 2 fully saturated rings. The van der Waals surface area contributed by atoms with Gasteiger partial charge in [-0.1, -0.05) is 34.1 Å². The van der Waals surface area contributed by atoms with Gasteiger partial charge in [0.05, 0.1) is 6.04 Å². The molecule has 1 heterocycles. The van der Waals surface area contributed by atoms with E-state index in [0.717, 1.165) is 31.8 Å². The lowest BCUT2D eigenvalue weighted by atomic mass is 9.92. The average molecular weight is 280 g/mol. The lowest BCUT2D eigenvalue weighted by Gasteiger charge is -2.35. The van der Waals surface area contributed by atoms with Crippen molar-refractivity contribution < 1.29 is 4.79 Å². The standard InChI is InChI=1S/C17H32N2O/c1-5-14(6-2)19(11-12(3)4)17(20)16-15-9-7-8-13(15)10-18-16/h12-16,18H,5-11H2,1-4H3. The molecule has 0 bridgehead atoms. The number of fused-ring (bicyclic) bond motifs is 1. The summed E-state index contributed by atoms with van der Waals surface area (Å²) in [5.74, 6) is 2.28. The second-order valence-corrected chi connectivity index (χ2v) is 7.10. The molecule has 1 aliphatic carbocycles. The van der Waals surface area contributed by atoms with Gasteiger partial charge < -0.3 is 10.2 Å². The summed E-state index contributed by atoms with van der Waals surface area (Å²) in [6.45, 7) is 10.8. The fraction of sp³-hybridized carbons (Fsp3) is 0.941. The number of carbonyl (C=O) groups excluding carboxylic acids is 1. The van der Waals surface area contributed by atoms with Crippen molar-refractivity contribution in [1.29, 1.82) is 0 Å². The van der Waals surface area contributed by atoms with Crippen molar-refractivity contribution in [3.63, 3.8) is 0 Å². The van der Waals surface area contributed by atoms with Crippen LogP contribution in [0.1, 0.15) is 59.8 Å². The monoisotopic (exact) mass is 280 g/mol. The van der Waals surface area contributed by atoms with Gasteiger partial charge in [-0.05, 0) is 50.0 Å². The van der Waals surface area contributed by atoms with E-state index in [4.69, 9.17) is 0 Å². The molecule has 2 aliphatic rings. The minimum atomic E-state index is 0.0989. The van der Waals surface area contributed by atoms with Crippen LogP contribution in [0.25, 0.3) is 0 Å². The number of amides is 1. The summed E-state index contributed by atoms with van der Waals surface area (Å²) >= 11 is 0. The first kappa shape index (κ1) is 15.8. The predicted molar refractivity (Wildman–Crippen MR) is 83.5 cm³/mol. The Labute approximate surface area is 124 Å². The first-order valence-corrected chi connectivity index (χ1v) is 8.62. The van der Waals surface area contributed by atoms with Crippen LogP contribution in [-0.2, 0) is 4.79 Å². The van der Waals surface area contributed by atoms with E-state index in [1.165, 1.54) is 19.3 Å². The first-order chi connectivity index (χ1) is 9.58. The maximum Gasteiger partial charge on any atom is 0.240 e. The SMILES string of the molecule is CCC(CC)N(CC(C)C)C(=O)C1NCC2CCCC21. The molecule has 0 aromatic heterocycles. The quantitative estimate of drug-likeness (QED) is 0.811. The third-order valence-electron chi connectivity index (χ3n) is 5.24. The Morgan fingerprint density at radius 2 is 1.95 bits per heavy atom. The molecule has 1 saturated heterocycles. The topological polar surface area (TPSA) is 32.3 Å². The average Bonchev–Trinajstić information content (AvgIpc) is 3.00. The minimum absolute atomic E-state index is 0.0989. The third-order valence-corrected chi connectivity index (χ3v) is 5.24. The molecule has 1 aliphatic heterocycles. The molecule has 0 aromatic carbocycles. The van der Waals surface area contributed by atoms with E-state index in [1.54, 1.807) is 0 Å². The van der Waals surface area contributed by atoms with Crippen molar-refractivity contribution in [2.45, 2.75) is 71.9 Å². The second kappa shape index (κ2) is 6.93. The zero-order valence-corrected chi connectivity index (χ0v) is 13.7. The Bertz CT molecular complexity index is 325. The highest BCUT2D eigenvalue weighted by Gasteiger charge is 2.44. The molecule has 116 valence electrons. The minimum Gasteiger partial charge on any atom is -0.338 e. The van der Waals surface area contributed by atoms with E-state index in [-0.39, 0.29) is 6.04 Å². The lowest BCUT2D eigenvalue weighted by Crippen LogP contribution is -2.51. The Hall–Kier alpha value is -0.570. The maximum atomic E-state index is 13.0. The van der Waals surface area contributed by atoms with Crippen LogP contribution in [0.15, 0.2) is 0 Å². The fourth-order valence-electron chi connectivity index (χ4n) is 4.18. The summed E-state index contributed by atoms with van der Waals surface area (Å²) in [7, 11) is 0. The smallest absolute Gasteiger partial charge is 0.240 e. The maximum absolute atomic E-state index is 13.0. The van der Waals surface area contributed by atoms with Gasteiger partial charge in [0.2, 0.25) is 5.91 Å². The van der Waals surface area contributed by atoms with Gasteiger partial charge in [-0.3, -0.25) is 4.79 Å². The number of hydrogen-bond donors (Lipinski definition) is 1. The van der Waals surface area contributed by atoms with Crippen LogP contribution in [0.4, 0.5) is 0 Å². The Kier molecular flexibility index (Phi) is 5.48. The summed E-state index contributed by atoms with van der Waals surface area (Å²) in [5.41, 5.74) is 0. The highest BCUT2D eigenvalue weighted by Crippen LogP contribution is 2.38. The second-order valence-electron chi connectivity index (χ2n) is 7.10. The molecule has 2 rings (SSSR count). The molecular formula is C17H32N2O. The largest absolute Gasteiger partial charge is 0.338 e. The molecular weight excluding hydrogens is 248 g/mol. The van der Waals surface area contributed by atoms with Crippen LogP contribution in [0.3, 0.4) is 0 Å². The molecule has 3 heteroatoms. The predicted octanol–water partition coefficient (Wildman–Crippen LogP) is 3.05. The van der Waals surface area contributed by atoms with Crippen molar-refractivity contribution >= 4 is 5.91 Å². The van der Waals surface area contributed by atoms with Crippen molar-refractivity contribution in [1.82, 2.24) is 10.2 Å². The summed E-state index contributed by atoms with van der Waals surface area (Å²) in [4.78, 5) is 15.2. The van der Waals surface area contributed by atoms with Gasteiger partial charge in [-0.25, -0.2) is 0 Å². The third kappa shape index (κ3) is 3.19. The van der Waals surface area contributed by atoms with Gasteiger partial charge in [0.1, 0.15) is 0 Å². The van der Waals surface area contributed by atoms with Gasteiger partial charge in [0.15, 0.2) is 0 Å². The van der Waals surface area contributed by atoms with Crippen LogP contribution in [0.2, 0.25) is 0 Å². The van der Waals surface area contributed by atoms with Crippen molar-refractivity contribution in [2.24, 2.45) is 17.8 Å². The molecule has 0 radical (unpaired) electrons. The molecule has 1 amide bonds. The van der Waals surface area contributed by atoms with Crippen molar-refractivity contribution in [3.8, 4) is 0 Å². The lowest BCUT2D eigenvalue weighted by molar-refractivity contribution is -0.137. The molecule has 3 nitrogen and oxygen atoms in total. The van der Waals surface area contributed by atoms with Crippen LogP contribution in [0, 0.1) is 17.8 Å². The Morgan fingerprint density at radius 1 is 1.25 bits per heavy atom. The molecule has 3 atom stereocenters. The molecule has 1 N–H and O–H groups in total. The van der Waals surface area contributed by atoms with E-state index in [0.29, 0.717) is 23.8 Å². The molecule has 20 heavy (non-hydrogen) atoms. The Morgan fingerprint density at radius 3 is 2.55 bits per heavy atom. The normalized spacial score (nSPS) is 29.2. The highest BCUT2D eigenvalue weighted by molar-refractivity contribution is 5.83. The fourth-order valence-corrected chi connectivity index (χ4v) is 4.18. The zero-order valence-electron chi connectivity index (χ0n) is 13.7. The van der Waals surface area contributed by atoms with Crippen LogP contribution in [-0.4, -0.2) is 36.0 Å². The van der Waals surface area contributed by atoms with Gasteiger partial charge >= 0.3 is 0 Å². The number of rotatable bonds is 6. The number of hydrogen-bond acceptors (Lipinski definition) is 2. The summed E-state index contributed by atoms with van der Waals surface area (Å²) < 4.78 is 0. The van der Waals surface area contributed by atoms with Gasteiger partial charge in [-0.2, -0.15) is 0 Å². The van der Waals surface area contributed by atoms with E-state index >= 15 is 0 Å². The van der Waals surface area contributed by atoms with Gasteiger partial charge in [-0.15, -0.1) is 0 Å². The van der Waals surface area contributed by atoms with Gasteiger partial charge in [0, 0.05) is 12.6 Å². The molecule has 3 unspecified atom stereocenters. The summed E-state index contributed by atoms with van der Waals surface area (Å²) in [6, 6.07) is 0.508. The Balaban J connectivity index is 2.09. The first-order valence-electron chi connectivity index (χ1n) is 8.62. The van der Waals surface area contributed by atoms with Gasteiger partial charge in [0.25, 0.3) is 0 Å². The molecule has 1 saturated carbocycles. The van der Waals surface area contributed by atoms with Crippen molar-refractivity contribution in [2.75, 3.05) is 13.1 Å². The number of carbonyl (C=O) groups is 1. The van der Waals surface area contributed by atoms with Crippen molar-refractivity contribution in [3.05, 3.63) is 0 Å². The van der Waals surface area contributed by atoms with E-state index < -0.39 is 0 Å². The number of nitrogens with one attached hydrogen (secondary N) is 1. The molecule has 0 spiro atoms. The van der Waals surface area contributed by atoms with E-state index in [1.807, 2.05) is 0 Å². The number of nitrogens with zero attached hydrogens (tertiary/aromatic N) is 1. The van der Waals surface area contributed by atoms with E-state index in [2.05, 4.69) is 37.9 Å². The van der Waals surface area contributed by atoms with Crippen LogP contribution < -0.4 is 5.32 Å². The van der Waals surface area contributed by atoms with E-state index in [9.17, 15) is 4.79 Å². The summed E-state index contributed by atoms with van der Waals surface area (Å²) in [5, 5.41) is 3.52. The van der Waals surface area contributed by atoms with Crippen LogP contribution >= 0.6 is 0 Å².